The minimum atomic E-state index is -0.263. The fourth-order valence-corrected chi connectivity index (χ4v) is 4.40. The highest BCUT2D eigenvalue weighted by molar-refractivity contribution is 7.99. The van der Waals surface area contributed by atoms with Gasteiger partial charge in [-0.3, -0.25) is 19.4 Å². The van der Waals surface area contributed by atoms with Crippen LogP contribution in [0.15, 0.2) is 72.1 Å². The predicted octanol–water partition coefficient (Wildman–Crippen LogP) is 3.38. The Bertz CT molecular complexity index is 1410. The van der Waals surface area contributed by atoms with Crippen LogP contribution in [0.1, 0.15) is 31.8 Å². The summed E-state index contributed by atoms with van der Waals surface area (Å²) in [6.45, 7) is 0. The zero-order chi connectivity index (χ0) is 22.9. The SMILES string of the molecule is Cn1c(SCC(=O)Nc2ccc3c(c2)C(=O)c2ccccc2C3=O)nnc1-c1cccnc1. The lowest BCUT2D eigenvalue weighted by Crippen LogP contribution is -2.21. The molecule has 0 unspecified atom stereocenters. The first-order valence-corrected chi connectivity index (χ1v) is 11.1. The second kappa shape index (κ2) is 8.44. The van der Waals surface area contributed by atoms with Crippen LogP contribution >= 0.6 is 11.8 Å². The van der Waals surface area contributed by atoms with Gasteiger partial charge < -0.3 is 9.88 Å². The minimum Gasteiger partial charge on any atom is -0.325 e. The summed E-state index contributed by atoms with van der Waals surface area (Å²) in [5, 5.41) is 11.7. The number of fused-ring (bicyclic) bond motifs is 2. The monoisotopic (exact) mass is 455 g/mol. The van der Waals surface area contributed by atoms with Gasteiger partial charge in [0.2, 0.25) is 5.91 Å². The van der Waals surface area contributed by atoms with Gasteiger partial charge in [-0.25, -0.2) is 0 Å². The molecule has 2 aromatic heterocycles. The number of ketones is 2. The number of rotatable bonds is 5. The molecule has 1 amide bonds. The van der Waals surface area contributed by atoms with E-state index in [1.54, 1.807) is 59.4 Å². The van der Waals surface area contributed by atoms with Crippen LogP contribution in [-0.4, -0.2) is 43.0 Å². The molecule has 1 aliphatic rings. The van der Waals surface area contributed by atoms with Crippen molar-refractivity contribution in [1.82, 2.24) is 19.7 Å². The number of nitrogens with zero attached hydrogens (tertiary/aromatic N) is 4. The number of pyridine rings is 1. The maximum Gasteiger partial charge on any atom is 0.234 e. The lowest BCUT2D eigenvalue weighted by Gasteiger charge is -2.18. The third kappa shape index (κ3) is 3.83. The van der Waals surface area contributed by atoms with Crippen molar-refractivity contribution in [1.29, 1.82) is 0 Å². The summed E-state index contributed by atoms with van der Waals surface area (Å²) in [4.78, 5) is 42.2. The molecule has 162 valence electrons. The standard InChI is InChI=1S/C24H17N5O3S/c1-29-23(14-5-4-10-25-12-14)27-28-24(29)33-13-20(30)26-15-8-9-18-19(11-15)22(32)17-7-3-2-6-16(17)21(18)31/h2-12H,13H2,1H3,(H,26,30). The zero-order valence-electron chi connectivity index (χ0n) is 17.5. The summed E-state index contributed by atoms with van der Waals surface area (Å²) < 4.78 is 1.80. The lowest BCUT2D eigenvalue weighted by atomic mass is 9.84. The largest absolute Gasteiger partial charge is 0.325 e. The number of amides is 1. The Morgan fingerprint density at radius 3 is 2.39 bits per heavy atom. The second-order valence-electron chi connectivity index (χ2n) is 7.41. The van der Waals surface area contributed by atoms with Crippen LogP contribution in [0.25, 0.3) is 11.4 Å². The van der Waals surface area contributed by atoms with Crippen LogP contribution in [-0.2, 0) is 11.8 Å². The van der Waals surface area contributed by atoms with E-state index < -0.39 is 0 Å². The molecule has 0 saturated heterocycles. The van der Waals surface area contributed by atoms with Crippen molar-refractivity contribution in [3.8, 4) is 11.4 Å². The zero-order valence-corrected chi connectivity index (χ0v) is 18.3. The molecule has 5 rings (SSSR count). The summed E-state index contributed by atoms with van der Waals surface area (Å²) in [5.41, 5.74) is 2.69. The van der Waals surface area contributed by atoms with Crippen molar-refractivity contribution in [3.05, 3.63) is 89.2 Å². The average molecular weight is 455 g/mol. The van der Waals surface area contributed by atoms with E-state index in [1.807, 2.05) is 19.2 Å². The molecule has 2 aromatic carbocycles. The molecule has 0 aliphatic heterocycles. The molecule has 4 aromatic rings. The number of nitrogens with one attached hydrogen (secondary N) is 1. The van der Waals surface area contributed by atoms with E-state index in [4.69, 9.17) is 0 Å². The molecule has 0 radical (unpaired) electrons. The van der Waals surface area contributed by atoms with Gasteiger partial charge in [0.05, 0.1) is 5.75 Å². The quantitative estimate of drug-likeness (QED) is 0.405. The molecular weight excluding hydrogens is 438 g/mol. The molecule has 33 heavy (non-hydrogen) atoms. The molecule has 2 heterocycles. The molecule has 0 spiro atoms. The maximum atomic E-state index is 12.9. The van der Waals surface area contributed by atoms with Crippen molar-refractivity contribution in [2.24, 2.45) is 7.05 Å². The molecule has 9 heteroatoms. The van der Waals surface area contributed by atoms with Gasteiger partial charge in [-0.05, 0) is 30.3 Å². The van der Waals surface area contributed by atoms with Crippen molar-refractivity contribution in [2.75, 3.05) is 11.1 Å². The van der Waals surface area contributed by atoms with Crippen molar-refractivity contribution >= 4 is 34.9 Å². The van der Waals surface area contributed by atoms with Gasteiger partial charge in [0, 0.05) is 52.9 Å². The first kappa shape index (κ1) is 20.8. The van der Waals surface area contributed by atoms with Crippen LogP contribution in [0.3, 0.4) is 0 Å². The van der Waals surface area contributed by atoms with Gasteiger partial charge in [-0.1, -0.05) is 36.0 Å². The van der Waals surface area contributed by atoms with E-state index in [-0.39, 0.29) is 23.2 Å². The number of anilines is 1. The number of hydrogen-bond donors (Lipinski definition) is 1. The highest BCUT2D eigenvalue weighted by atomic mass is 32.2. The Hall–Kier alpha value is -4.11. The fraction of sp³-hybridized carbons (Fsp3) is 0.0833. The summed E-state index contributed by atoms with van der Waals surface area (Å²) in [5.74, 6) is 0.0734. The smallest absolute Gasteiger partial charge is 0.234 e. The van der Waals surface area contributed by atoms with Crippen molar-refractivity contribution in [3.63, 3.8) is 0 Å². The first-order valence-electron chi connectivity index (χ1n) is 10.1. The Morgan fingerprint density at radius 2 is 1.67 bits per heavy atom. The highest BCUT2D eigenvalue weighted by Crippen LogP contribution is 2.29. The molecule has 1 N–H and O–H groups in total. The third-order valence-electron chi connectivity index (χ3n) is 5.30. The topological polar surface area (TPSA) is 107 Å². The fourth-order valence-electron chi connectivity index (χ4n) is 3.69. The van der Waals surface area contributed by atoms with Gasteiger partial charge in [0.15, 0.2) is 22.5 Å². The van der Waals surface area contributed by atoms with Gasteiger partial charge >= 0.3 is 0 Å². The molecule has 0 saturated carbocycles. The summed E-state index contributed by atoms with van der Waals surface area (Å²) in [6, 6.07) is 15.2. The number of hydrogen-bond acceptors (Lipinski definition) is 7. The minimum absolute atomic E-state index is 0.103. The van der Waals surface area contributed by atoms with E-state index >= 15 is 0 Å². The number of carbonyl (C=O) groups excluding carboxylic acids is 3. The number of thioether (sulfide) groups is 1. The van der Waals surface area contributed by atoms with Crippen LogP contribution in [0.4, 0.5) is 5.69 Å². The highest BCUT2D eigenvalue weighted by Gasteiger charge is 2.29. The van der Waals surface area contributed by atoms with E-state index in [9.17, 15) is 14.4 Å². The van der Waals surface area contributed by atoms with Crippen LogP contribution in [0.2, 0.25) is 0 Å². The number of aromatic nitrogens is 4. The summed E-state index contributed by atoms with van der Waals surface area (Å²) in [6.07, 6.45) is 3.38. The number of carbonyl (C=O) groups is 3. The average Bonchev–Trinajstić information content (AvgIpc) is 3.22. The Kier molecular flexibility index (Phi) is 5.31. The number of benzene rings is 2. The molecule has 0 fully saturated rings. The summed E-state index contributed by atoms with van der Waals surface area (Å²) >= 11 is 1.25. The Morgan fingerprint density at radius 1 is 0.939 bits per heavy atom. The predicted molar refractivity (Wildman–Crippen MR) is 123 cm³/mol. The molecule has 8 nitrogen and oxygen atoms in total. The first-order chi connectivity index (χ1) is 16.0. The van der Waals surface area contributed by atoms with Gasteiger partial charge in [-0.2, -0.15) is 0 Å². The Labute approximate surface area is 193 Å². The van der Waals surface area contributed by atoms with E-state index in [1.165, 1.54) is 11.8 Å². The van der Waals surface area contributed by atoms with Gasteiger partial charge in [0.25, 0.3) is 0 Å². The molecule has 1 aliphatic carbocycles. The van der Waals surface area contributed by atoms with E-state index in [0.717, 1.165) is 5.56 Å². The van der Waals surface area contributed by atoms with Gasteiger partial charge in [-0.15, -0.1) is 10.2 Å². The van der Waals surface area contributed by atoms with Gasteiger partial charge in [0.1, 0.15) is 0 Å². The van der Waals surface area contributed by atoms with Crippen LogP contribution in [0.5, 0.6) is 0 Å². The van der Waals surface area contributed by atoms with Crippen molar-refractivity contribution < 1.29 is 14.4 Å². The molecular formula is C24H17N5O3S. The van der Waals surface area contributed by atoms with Crippen LogP contribution in [0, 0.1) is 0 Å². The Balaban J connectivity index is 1.28. The molecule has 0 bridgehead atoms. The summed E-state index contributed by atoms with van der Waals surface area (Å²) in [7, 11) is 1.83. The van der Waals surface area contributed by atoms with Crippen molar-refractivity contribution in [2.45, 2.75) is 5.16 Å². The third-order valence-corrected chi connectivity index (χ3v) is 6.32. The lowest BCUT2D eigenvalue weighted by molar-refractivity contribution is -0.113. The maximum absolute atomic E-state index is 12.9. The van der Waals surface area contributed by atoms with E-state index in [0.29, 0.717) is 38.9 Å². The molecule has 0 atom stereocenters. The normalized spacial score (nSPS) is 12.3. The second-order valence-corrected chi connectivity index (χ2v) is 8.35. The van der Waals surface area contributed by atoms with Crippen LogP contribution < -0.4 is 5.32 Å². The van der Waals surface area contributed by atoms with E-state index in [2.05, 4.69) is 20.5 Å².